The van der Waals surface area contributed by atoms with E-state index in [0.717, 1.165) is 11.1 Å². The third kappa shape index (κ3) is 7.47. The van der Waals surface area contributed by atoms with Crippen molar-refractivity contribution in [1.29, 1.82) is 0 Å². The number of carbonyl (C=O) groups is 2. The zero-order chi connectivity index (χ0) is 31.1. The third-order valence-electron chi connectivity index (χ3n) is 6.62. The third-order valence-corrected chi connectivity index (χ3v) is 6.62. The van der Waals surface area contributed by atoms with Crippen molar-refractivity contribution in [3.63, 3.8) is 0 Å². The zero-order valence-corrected chi connectivity index (χ0v) is 25.1. The monoisotopic (exact) mass is 640 g/mol. The van der Waals surface area contributed by atoms with E-state index in [2.05, 4.69) is 30.4 Å². The Kier molecular flexibility index (Phi) is 10.5. The van der Waals surface area contributed by atoms with Crippen molar-refractivity contribution in [3.8, 4) is 11.5 Å². The summed E-state index contributed by atoms with van der Waals surface area (Å²) in [6.07, 6.45) is 4.26. The fraction of sp³-hybridized carbons (Fsp3) is 0.0588. The molecular formula is C34H26N6NiO4. The molecule has 0 atom stereocenters. The summed E-state index contributed by atoms with van der Waals surface area (Å²) in [5, 5.41) is 38.1. The first-order valence-electron chi connectivity index (χ1n) is 13.5. The van der Waals surface area contributed by atoms with Gasteiger partial charge in [-0.2, -0.15) is 10.2 Å². The second-order valence-corrected chi connectivity index (χ2v) is 9.77. The predicted molar refractivity (Wildman–Crippen MR) is 168 cm³/mol. The number of azo groups is 2. The smallest absolute Gasteiger partial charge is 0.153 e. The molecule has 11 heteroatoms. The maximum atomic E-state index is 11.1. The number of benzene rings is 4. The SMILES string of the molecule is Cc1ccc(N=Nc2cc(C=O)c(O)c3ncccc23)cc1.Cc1ccc(N=Nc2cc(C=O)c(O)c3ncccc23)cc1.[Ni]. The molecule has 45 heavy (non-hydrogen) atoms. The summed E-state index contributed by atoms with van der Waals surface area (Å²) in [5.74, 6) is -0.278. The second-order valence-electron chi connectivity index (χ2n) is 9.77. The molecule has 2 aromatic heterocycles. The van der Waals surface area contributed by atoms with E-state index in [9.17, 15) is 19.8 Å². The van der Waals surface area contributed by atoms with Gasteiger partial charge in [-0.1, -0.05) is 35.4 Å². The number of phenols is 2. The van der Waals surface area contributed by atoms with Crippen molar-refractivity contribution < 1.29 is 36.3 Å². The van der Waals surface area contributed by atoms with Crippen molar-refractivity contribution in [2.75, 3.05) is 0 Å². The molecule has 0 spiro atoms. The molecule has 10 nitrogen and oxygen atoms in total. The molecule has 0 amide bonds. The molecule has 2 N–H and O–H groups in total. The molecule has 0 aliphatic rings. The number of hydrogen-bond donors (Lipinski definition) is 2. The van der Waals surface area contributed by atoms with Gasteiger partial charge in [-0.05, 0) is 74.5 Å². The standard InChI is InChI=1S/2C17H13N3O2.Ni/c2*1-11-4-6-13(7-5-11)19-20-15-9-12(10-21)17(22)16-14(15)3-2-8-18-16;/h2*2-10,22H,1H3;. The minimum absolute atomic E-state index is 0. The minimum atomic E-state index is -0.139. The summed E-state index contributed by atoms with van der Waals surface area (Å²) < 4.78 is 0. The van der Waals surface area contributed by atoms with Crippen molar-refractivity contribution in [1.82, 2.24) is 9.97 Å². The van der Waals surface area contributed by atoms with Crippen LogP contribution in [0.2, 0.25) is 0 Å². The maximum Gasteiger partial charge on any atom is 0.153 e. The zero-order valence-electron chi connectivity index (χ0n) is 24.1. The van der Waals surface area contributed by atoms with E-state index in [0.29, 0.717) is 57.1 Å². The molecule has 0 aliphatic carbocycles. The van der Waals surface area contributed by atoms with E-state index in [1.165, 1.54) is 12.1 Å². The Morgan fingerprint density at radius 2 is 0.956 bits per heavy atom. The molecule has 0 radical (unpaired) electrons. The van der Waals surface area contributed by atoms with Gasteiger partial charge in [0, 0.05) is 39.7 Å². The van der Waals surface area contributed by atoms with Crippen LogP contribution < -0.4 is 0 Å². The quantitative estimate of drug-likeness (QED) is 0.105. The number of hydrogen-bond acceptors (Lipinski definition) is 10. The van der Waals surface area contributed by atoms with Crippen molar-refractivity contribution >= 4 is 57.1 Å². The second kappa shape index (κ2) is 14.7. The number of aromatic hydroxyl groups is 2. The van der Waals surface area contributed by atoms with Crippen molar-refractivity contribution in [2.45, 2.75) is 13.8 Å². The van der Waals surface area contributed by atoms with Crippen molar-refractivity contribution in [2.24, 2.45) is 20.5 Å². The average molecular weight is 641 g/mol. The molecule has 226 valence electrons. The Labute approximate surface area is 268 Å². The molecule has 0 fully saturated rings. The Balaban J connectivity index is 0.000000200. The van der Waals surface area contributed by atoms with Crippen LogP contribution in [0.15, 0.2) is 118 Å². The number of fused-ring (bicyclic) bond motifs is 2. The summed E-state index contributed by atoms with van der Waals surface area (Å²) in [6, 6.07) is 25.3. The molecule has 0 saturated heterocycles. The van der Waals surface area contributed by atoms with E-state index in [-0.39, 0.29) is 39.1 Å². The first kappa shape index (κ1) is 32.3. The number of carbonyl (C=O) groups excluding carboxylic acids is 2. The van der Waals surface area contributed by atoms with E-state index < -0.39 is 0 Å². The van der Waals surface area contributed by atoms with Gasteiger partial charge < -0.3 is 10.2 Å². The first-order valence-corrected chi connectivity index (χ1v) is 13.5. The largest absolute Gasteiger partial charge is 0.505 e. The molecule has 6 aromatic rings. The number of pyridine rings is 2. The number of rotatable bonds is 6. The van der Waals surface area contributed by atoms with Crippen LogP contribution in [0.25, 0.3) is 21.8 Å². The van der Waals surface area contributed by atoms with Gasteiger partial charge in [0.25, 0.3) is 0 Å². The summed E-state index contributed by atoms with van der Waals surface area (Å²) in [7, 11) is 0. The van der Waals surface area contributed by atoms with E-state index in [1.54, 1.807) is 36.7 Å². The molecule has 0 saturated carbocycles. The fourth-order valence-electron chi connectivity index (χ4n) is 4.25. The molecule has 0 bridgehead atoms. The minimum Gasteiger partial charge on any atom is -0.505 e. The van der Waals surface area contributed by atoms with Crippen molar-refractivity contribution in [3.05, 3.63) is 120 Å². The van der Waals surface area contributed by atoms with E-state index in [1.807, 2.05) is 62.4 Å². The van der Waals surface area contributed by atoms with Crippen LogP contribution in [-0.2, 0) is 16.5 Å². The summed E-state index contributed by atoms with van der Waals surface area (Å²) in [5.41, 5.74) is 5.64. The molecule has 4 aromatic carbocycles. The number of aryl methyl sites for hydroxylation is 2. The number of nitrogens with zero attached hydrogens (tertiary/aromatic N) is 6. The number of aromatic nitrogens is 2. The molecular weight excluding hydrogens is 615 g/mol. The van der Waals surface area contributed by atoms with E-state index in [4.69, 9.17) is 0 Å². The van der Waals surface area contributed by atoms with Crippen LogP contribution in [0.3, 0.4) is 0 Å². The fourth-order valence-corrected chi connectivity index (χ4v) is 4.25. The maximum absolute atomic E-state index is 11.1. The van der Waals surface area contributed by atoms with Crippen LogP contribution in [0, 0.1) is 13.8 Å². The summed E-state index contributed by atoms with van der Waals surface area (Å²) in [6.45, 7) is 3.99. The van der Waals surface area contributed by atoms with Gasteiger partial charge in [0.05, 0.1) is 33.9 Å². The molecule has 6 rings (SSSR count). The van der Waals surface area contributed by atoms with Gasteiger partial charge in [0.1, 0.15) is 11.0 Å². The Morgan fingerprint density at radius 3 is 1.31 bits per heavy atom. The van der Waals surface area contributed by atoms with Gasteiger partial charge in [0.2, 0.25) is 0 Å². The van der Waals surface area contributed by atoms with Crippen LogP contribution in [-0.4, -0.2) is 32.8 Å². The number of aldehydes is 2. The van der Waals surface area contributed by atoms with Crippen LogP contribution in [0.4, 0.5) is 22.7 Å². The Morgan fingerprint density at radius 1 is 0.578 bits per heavy atom. The topological polar surface area (TPSA) is 150 Å². The predicted octanol–water partition coefficient (Wildman–Crippen LogP) is 8.95. The average Bonchev–Trinajstić information content (AvgIpc) is 3.06. The van der Waals surface area contributed by atoms with Gasteiger partial charge in [0.15, 0.2) is 24.1 Å². The van der Waals surface area contributed by atoms with Gasteiger partial charge in [-0.15, -0.1) is 10.2 Å². The Bertz CT molecular complexity index is 1900. The Hall–Kier alpha value is -5.67. The van der Waals surface area contributed by atoms with Crippen LogP contribution >= 0.6 is 0 Å². The van der Waals surface area contributed by atoms with Gasteiger partial charge in [-0.3, -0.25) is 19.6 Å². The number of phenolic OH excluding ortho intramolecular Hbond substituents is 2. The normalized spacial score (nSPS) is 10.9. The molecule has 0 aliphatic heterocycles. The summed E-state index contributed by atoms with van der Waals surface area (Å²) in [4.78, 5) is 30.4. The molecule has 0 unspecified atom stereocenters. The van der Waals surface area contributed by atoms with Crippen LogP contribution in [0.5, 0.6) is 11.5 Å². The van der Waals surface area contributed by atoms with Gasteiger partial charge >= 0.3 is 0 Å². The summed E-state index contributed by atoms with van der Waals surface area (Å²) >= 11 is 0. The van der Waals surface area contributed by atoms with Gasteiger partial charge in [-0.25, -0.2) is 0 Å². The molecule has 2 heterocycles. The first-order chi connectivity index (χ1) is 21.4. The van der Waals surface area contributed by atoms with E-state index >= 15 is 0 Å². The van der Waals surface area contributed by atoms with Crippen LogP contribution in [0.1, 0.15) is 31.8 Å².